The first-order chi connectivity index (χ1) is 11.2. The van der Waals surface area contributed by atoms with E-state index in [0.717, 1.165) is 19.4 Å². The maximum absolute atomic E-state index is 12.8. The lowest BCUT2D eigenvalue weighted by atomic mass is 10.1. The molecule has 120 valence electrons. The molecule has 2 heterocycles. The maximum Gasteiger partial charge on any atom is 0.225 e. The lowest BCUT2D eigenvalue weighted by Crippen LogP contribution is -2.27. The highest BCUT2D eigenvalue weighted by Gasteiger charge is 2.17. The van der Waals surface area contributed by atoms with E-state index in [0.29, 0.717) is 23.7 Å². The van der Waals surface area contributed by atoms with Crippen LogP contribution in [0.2, 0.25) is 0 Å². The highest BCUT2D eigenvalue weighted by Crippen LogP contribution is 2.20. The third-order valence-electron chi connectivity index (χ3n) is 3.65. The van der Waals surface area contributed by atoms with Gasteiger partial charge >= 0.3 is 0 Å². The second-order valence-electron chi connectivity index (χ2n) is 5.49. The molecule has 1 aliphatic heterocycles. The molecule has 0 aliphatic carbocycles. The van der Waals surface area contributed by atoms with Crippen molar-refractivity contribution in [1.82, 2.24) is 10.3 Å². The van der Waals surface area contributed by atoms with Gasteiger partial charge in [0, 0.05) is 18.5 Å². The first kappa shape index (κ1) is 15.4. The Kier molecular flexibility index (Phi) is 4.83. The van der Waals surface area contributed by atoms with Crippen molar-refractivity contribution in [3.8, 4) is 11.6 Å². The summed E-state index contributed by atoms with van der Waals surface area (Å²) in [4.78, 5) is 16.1. The number of amides is 1. The van der Waals surface area contributed by atoms with E-state index in [1.54, 1.807) is 18.3 Å². The molecular formula is C17H18FN3O2. The van der Waals surface area contributed by atoms with Gasteiger partial charge in [0.25, 0.3) is 0 Å². The molecule has 0 bridgehead atoms. The Bertz CT molecular complexity index is 653. The van der Waals surface area contributed by atoms with Gasteiger partial charge in [0.2, 0.25) is 11.8 Å². The number of nitrogens with one attached hydrogen (secondary N) is 2. The second kappa shape index (κ2) is 7.19. The van der Waals surface area contributed by atoms with Gasteiger partial charge in [0.05, 0.1) is 11.9 Å². The molecule has 5 nitrogen and oxygen atoms in total. The summed E-state index contributed by atoms with van der Waals surface area (Å²) in [6, 6.07) is 9.35. The molecule has 1 aliphatic rings. The molecule has 2 aromatic rings. The van der Waals surface area contributed by atoms with Crippen LogP contribution in [0.4, 0.5) is 10.1 Å². The van der Waals surface area contributed by atoms with Crippen LogP contribution in [0.3, 0.4) is 0 Å². The summed E-state index contributed by atoms with van der Waals surface area (Å²) in [5.41, 5.74) is 0.624. The average molecular weight is 315 g/mol. The number of hydrogen-bond acceptors (Lipinski definition) is 4. The van der Waals surface area contributed by atoms with E-state index >= 15 is 0 Å². The maximum atomic E-state index is 12.8. The Morgan fingerprint density at radius 3 is 2.78 bits per heavy atom. The van der Waals surface area contributed by atoms with Crippen LogP contribution < -0.4 is 15.4 Å². The summed E-state index contributed by atoms with van der Waals surface area (Å²) in [7, 11) is 0. The second-order valence-corrected chi connectivity index (χ2v) is 5.49. The van der Waals surface area contributed by atoms with Gasteiger partial charge in [-0.05, 0) is 49.7 Å². The average Bonchev–Trinajstić information content (AvgIpc) is 3.04. The largest absolute Gasteiger partial charge is 0.439 e. The molecular weight excluding hydrogens is 297 g/mol. The normalized spacial score (nSPS) is 17.0. The first-order valence-electron chi connectivity index (χ1n) is 7.62. The van der Waals surface area contributed by atoms with Gasteiger partial charge in [0.1, 0.15) is 11.6 Å². The number of halogens is 1. The van der Waals surface area contributed by atoms with Gasteiger partial charge in [-0.3, -0.25) is 4.79 Å². The van der Waals surface area contributed by atoms with Crippen molar-refractivity contribution >= 4 is 11.6 Å². The summed E-state index contributed by atoms with van der Waals surface area (Å²) in [5, 5.41) is 6.11. The third-order valence-corrected chi connectivity index (χ3v) is 3.65. The zero-order chi connectivity index (χ0) is 16.1. The van der Waals surface area contributed by atoms with Crippen LogP contribution in [0.25, 0.3) is 0 Å². The van der Waals surface area contributed by atoms with E-state index in [2.05, 4.69) is 15.6 Å². The van der Waals surface area contributed by atoms with Crippen molar-refractivity contribution in [3.63, 3.8) is 0 Å². The summed E-state index contributed by atoms with van der Waals surface area (Å²) < 4.78 is 18.3. The SMILES string of the molecule is O=C(CC1CCCN1)Nc1ccc(Oc2ccc(F)cc2)nc1. The fraction of sp³-hybridized carbons (Fsp3) is 0.294. The molecule has 1 fully saturated rings. The van der Waals surface area contributed by atoms with E-state index in [-0.39, 0.29) is 17.8 Å². The summed E-state index contributed by atoms with van der Waals surface area (Å²) in [6.45, 7) is 0.981. The predicted molar refractivity (Wildman–Crippen MR) is 85.0 cm³/mol. The van der Waals surface area contributed by atoms with E-state index in [1.807, 2.05) is 0 Å². The highest BCUT2D eigenvalue weighted by molar-refractivity contribution is 5.90. The summed E-state index contributed by atoms with van der Waals surface area (Å²) >= 11 is 0. The monoisotopic (exact) mass is 315 g/mol. The van der Waals surface area contributed by atoms with Crippen LogP contribution in [0.15, 0.2) is 42.6 Å². The summed E-state index contributed by atoms with van der Waals surface area (Å²) in [5.74, 6) is 0.536. The number of benzene rings is 1. The number of anilines is 1. The molecule has 2 N–H and O–H groups in total. The smallest absolute Gasteiger partial charge is 0.225 e. The first-order valence-corrected chi connectivity index (χ1v) is 7.62. The molecule has 1 atom stereocenters. The van der Waals surface area contributed by atoms with Crippen LogP contribution in [-0.2, 0) is 4.79 Å². The number of pyridine rings is 1. The van der Waals surface area contributed by atoms with Crippen LogP contribution in [0, 0.1) is 5.82 Å². The number of hydrogen-bond donors (Lipinski definition) is 2. The van der Waals surface area contributed by atoms with Crippen LogP contribution in [-0.4, -0.2) is 23.5 Å². The van der Waals surface area contributed by atoms with Gasteiger partial charge < -0.3 is 15.4 Å². The minimum absolute atomic E-state index is 0.0293. The number of nitrogens with zero attached hydrogens (tertiary/aromatic N) is 1. The van der Waals surface area contributed by atoms with Crippen molar-refractivity contribution in [2.24, 2.45) is 0 Å². The van der Waals surface area contributed by atoms with Crippen molar-refractivity contribution < 1.29 is 13.9 Å². The Hall–Kier alpha value is -2.47. The van der Waals surface area contributed by atoms with Gasteiger partial charge in [0.15, 0.2) is 0 Å². The van der Waals surface area contributed by atoms with E-state index in [9.17, 15) is 9.18 Å². The Balaban J connectivity index is 1.54. The van der Waals surface area contributed by atoms with Gasteiger partial charge in [-0.25, -0.2) is 9.37 Å². The number of carbonyl (C=O) groups excluding carboxylic acids is 1. The van der Waals surface area contributed by atoms with Gasteiger partial charge in [-0.15, -0.1) is 0 Å². The van der Waals surface area contributed by atoms with Crippen LogP contribution >= 0.6 is 0 Å². The van der Waals surface area contributed by atoms with E-state index in [4.69, 9.17) is 4.74 Å². The Morgan fingerprint density at radius 2 is 2.13 bits per heavy atom. The fourth-order valence-electron chi connectivity index (χ4n) is 2.50. The third kappa shape index (κ3) is 4.50. The van der Waals surface area contributed by atoms with Crippen molar-refractivity contribution in [3.05, 3.63) is 48.4 Å². The van der Waals surface area contributed by atoms with E-state index < -0.39 is 0 Å². The molecule has 1 saturated heterocycles. The standard InChI is InChI=1S/C17H18FN3O2/c18-12-3-6-15(7-4-12)23-17-8-5-14(11-20-17)21-16(22)10-13-2-1-9-19-13/h3-8,11,13,19H,1-2,9-10H2,(H,21,22). The highest BCUT2D eigenvalue weighted by atomic mass is 19.1. The minimum Gasteiger partial charge on any atom is -0.439 e. The molecule has 1 unspecified atom stereocenters. The Morgan fingerprint density at radius 1 is 1.30 bits per heavy atom. The van der Waals surface area contributed by atoms with Crippen LogP contribution in [0.5, 0.6) is 11.6 Å². The van der Waals surface area contributed by atoms with Crippen molar-refractivity contribution in [1.29, 1.82) is 0 Å². The molecule has 3 rings (SSSR count). The zero-order valence-electron chi connectivity index (χ0n) is 12.6. The molecule has 0 radical (unpaired) electrons. The molecule has 0 spiro atoms. The molecule has 1 aromatic carbocycles. The topological polar surface area (TPSA) is 63.2 Å². The number of ether oxygens (including phenoxy) is 1. The molecule has 1 aromatic heterocycles. The van der Waals surface area contributed by atoms with Crippen LogP contribution in [0.1, 0.15) is 19.3 Å². The quantitative estimate of drug-likeness (QED) is 0.890. The molecule has 1 amide bonds. The number of aromatic nitrogens is 1. The van der Waals surface area contributed by atoms with Gasteiger partial charge in [-0.2, -0.15) is 0 Å². The van der Waals surface area contributed by atoms with E-state index in [1.165, 1.54) is 24.3 Å². The molecule has 0 saturated carbocycles. The Labute approximate surface area is 133 Å². The van der Waals surface area contributed by atoms with Crippen molar-refractivity contribution in [2.45, 2.75) is 25.3 Å². The molecule has 6 heteroatoms. The lowest BCUT2D eigenvalue weighted by Gasteiger charge is -2.10. The number of carbonyl (C=O) groups is 1. The zero-order valence-corrected chi connectivity index (χ0v) is 12.6. The van der Waals surface area contributed by atoms with Crippen molar-refractivity contribution in [2.75, 3.05) is 11.9 Å². The lowest BCUT2D eigenvalue weighted by molar-refractivity contribution is -0.116. The number of rotatable bonds is 5. The molecule has 23 heavy (non-hydrogen) atoms. The fourth-order valence-corrected chi connectivity index (χ4v) is 2.50. The minimum atomic E-state index is -0.319. The predicted octanol–water partition coefficient (Wildman–Crippen LogP) is 3.09. The summed E-state index contributed by atoms with van der Waals surface area (Å²) in [6.07, 6.45) is 4.16. The van der Waals surface area contributed by atoms with Gasteiger partial charge in [-0.1, -0.05) is 0 Å².